The second kappa shape index (κ2) is 6.33. The van der Waals surface area contributed by atoms with E-state index < -0.39 is 0 Å². The number of nitrogens with one attached hydrogen (secondary N) is 1. The largest absolute Gasteiger partial charge is 0.497 e. The van der Waals surface area contributed by atoms with Crippen molar-refractivity contribution in [2.75, 3.05) is 7.11 Å². The topological polar surface area (TPSA) is 25.0 Å². The molecule has 4 aromatic rings. The molecule has 0 radical (unpaired) electrons. The highest BCUT2D eigenvalue weighted by molar-refractivity contribution is 5.87. The summed E-state index contributed by atoms with van der Waals surface area (Å²) in [5.41, 5.74) is 6.56. The standard InChI is InChI=1S/C23H19NO/c1-16(18-9-6-11-21(14-18)25-2)17-8-5-10-19(13-17)23-15-20-7-3-4-12-22(20)24-23/h3-15,24H,1H2,2H3. The molecule has 0 unspecified atom stereocenters. The Morgan fingerprint density at radius 3 is 2.40 bits per heavy atom. The molecule has 0 atom stereocenters. The normalized spacial score (nSPS) is 10.8. The van der Waals surface area contributed by atoms with Gasteiger partial charge in [-0.25, -0.2) is 0 Å². The number of hydrogen-bond donors (Lipinski definition) is 1. The van der Waals surface area contributed by atoms with Gasteiger partial charge in [-0.15, -0.1) is 0 Å². The van der Waals surface area contributed by atoms with Crippen LogP contribution >= 0.6 is 0 Å². The van der Waals surface area contributed by atoms with Gasteiger partial charge < -0.3 is 9.72 Å². The van der Waals surface area contributed by atoms with Crippen LogP contribution in [0.5, 0.6) is 5.75 Å². The Bertz CT molecular complexity index is 1030. The number of aromatic nitrogens is 1. The van der Waals surface area contributed by atoms with Gasteiger partial charge in [-0.3, -0.25) is 0 Å². The minimum absolute atomic E-state index is 0.838. The molecule has 0 fully saturated rings. The lowest BCUT2D eigenvalue weighted by Crippen LogP contribution is -1.89. The van der Waals surface area contributed by atoms with Crippen LogP contribution in [0, 0.1) is 0 Å². The summed E-state index contributed by atoms with van der Waals surface area (Å²) in [5, 5.41) is 1.22. The van der Waals surface area contributed by atoms with Crippen molar-refractivity contribution in [3.63, 3.8) is 0 Å². The predicted molar refractivity (Wildman–Crippen MR) is 105 cm³/mol. The second-order valence-electron chi connectivity index (χ2n) is 6.06. The predicted octanol–water partition coefficient (Wildman–Crippen LogP) is 5.91. The van der Waals surface area contributed by atoms with E-state index in [1.165, 1.54) is 5.39 Å². The molecular formula is C23H19NO. The van der Waals surface area contributed by atoms with Gasteiger partial charge in [0.2, 0.25) is 0 Å². The molecule has 1 heterocycles. The molecule has 0 saturated carbocycles. The molecule has 1 N–H and O–H groups in total. The van der Waals surface area contributed by atoms with Crippen LogP contribution in [0.4, 0.5) is 0 Å². The lowest BCUT2D eigenvalue weighted by Gasteiger charge is -2.09. The third-order valence-electron chi connectivity index (χ3n) is 4.47. The summed E-state index contributed by atoms with van der Waals surface area (Å²) in [4.78, 5) is 3.49. The van der Waals surface area contributed by atoms with E-state index >= 15 is 0 Å². The van der Waals surface area contributed by atoms with Crippen molar-refractivity contribution < 1.29 is 4.74 Å². The van der Waals surface area contributed by atoms with Crippen LogP contribution in [0.25, 0.3) is 27.7 Å². The van der Waals surface area contributed by atoms with Crippen molar-refractivity contribution in [1.82, 2.24) is 4.98 Å². The first-order valence-electron chi connectivity index (χ1n) is 8.26. The number of hydrogen-bond acceptors (Lipinski definition) is 1. The van der Waals surface area contributed by atoms with E-state index in [1.54, 1.807) is 7.11 Å². The monoisotopic (exact) mass is 325 g/mol. The lowest BCUT2D eigenvalue weighted by molar-refractivity contribution is 0.414. The highest BCUT2D eigenvalue weighted by atomic mass is 16.5. The van der Waals surface area contributed by atoms with Gasteiger partial charge in [-0.1, -0.05) is 55.1 Å². The van der Waals surface area contributed by atoms with E-state index in [2.05, 4.69) is 66.2 Å². The zero-order valence-corrected chi connectivity index (χ0v) is 14.1. The molecule has 0 bridgehead atoms. The van der Waals surface area contributed by atoms with E-state index in [4.69, 9.17) is 4.74 Å². The second-order valence-corrected chi connectivity index (χ2v) is 6.06. The summed E-state index contributed by atoms with van der Waals surface area (Å²) < 4.78 is 5.32. The average Bonchev–Trinajstić information content (AvgIpc) is 3.12. The summed E-state index contributed by atoms with van der Waals surface area (Å²) >= 11 is 0. The number of fused-ring (bicyclic) bond motifs is 1. The molecule has 2 heteroatoms. The zero-order chi connectivity index (χ0) is 17.2. The highest BCUT2D eigenvalue weighted by Gasteiger charge is 2.07. The van der Waals surface area contributed by atoms with E-state index in [-0.39, 0.29) is 0 Å². The van der Waals surface area contributed by atoms with Crippen molar-refractivity contribution in [1.29, 1.82) is 0 Å². The Hall–Kier alpha value is -3.26. The Morgan fingerprint density at radius 2 is 1.60 bits per heavy atom. The van der Waals surface area contributed by atoms with Gasteiger partial charge >= 0.3 is 0 Å². The molecule has 3 aromatic carbocycles. The van der Waals surface area contributed by atoms with Gasteiger partial charge in [0.05, 0.1) is 7.11 Å². The molecule has 2 nitrogen and oxygen atoms in total. The van der Waals surface area contributed by atoms with E-state index in [0.29, 0.717) is 0 Å². The van der Waals surface area contributed by atoms with Gasteiger partial charge in [0.1, 0.15) is 5.75 Å². The molecule has 1 aromatic heterocycles. The number of methoxy groups -OCH3 is 1. The van der Waals surface area contributed by atoms with Crippen LogP contribution in [0.1, 0.15) is 11.1 Å². The molecule has 0 aliphatic rings. The van der Waals surface area contributed by atoms with Crippen LogP contribution in [-0.4, -0.2) is 12.1 Å². The van der Waals surface area contributed by atoms with Crippen molar-refractivity contribution in [3.05, 3.63) is 96.6 Å². The Kier molecular flexibility index (Phi) is 3.87. The summed E-state index contributed by atoms with van der Waals surface area (Å²) in [7, 11) is 1.68. The highest BCUT2D eigenvalue weighted by Crippen LogP contribution is 2.29. The molecule has 0 saturated heterocycles. The number of aromatic amines is 1. The van der Waals surface area contributed by atoms with E-state index in [1.807, 2.05) is 24.3 Å². The summed E-state index contributed by atoms with van der Waals surface area (Å²) in [6.07, 6.45) is 0. The van der Waals surface area contributed by atoms with Crippen molar-refractivity contribution in [2.45, 2.75) is 0 Å². The molecule has 0 spiro atoms. The fraction of sp³-hybridized carbons (Fsp3) is 0.0435. The van der Waals surface area contributed by atoms with Gasteiger partial charge in [0.15, 0.2) is 0 Å². The third-order valence-corrected chi connectivity index (χ3v) is 4.47. The number of H-pyrrole nitrogens is 1. The summed E-state index contributed by atoms with van der Waals surface area (Å²) in [6, 6.07) is 27.0. The SMILES string of the molecule is C=C(c1cccc(OC)c1)c1cccc(-c2cc3ccccc3[nH]2)c1. The average molecular weight is 325 g/mol. The van der Waals surface area contributed by atoms with Crippen LogP contribution in [0.2, 0.25) is 0 Å². The molecule has 122 valence electrons. The maximum Gasteiger partial charge on any atom is 0.119 e. The fourth-order valence-electron chi connectivity index (χ4n) is 3.08. The maximum absolute atomic E-state index is 5.32. The quantitative estimate of drug-likeness (QED) is 0.496. The minimum atomic E-state index is 0.838. The molecule has 25 heavy (non-hydrogen) atoms. The number of para-hydroxylation sites is 1. The number of rotatable bonds is 4. The van der Waals surface area contributed by atoms with Gasteiger partial charge in [-0.2, -0.15) is 0 Å². The van der Waals surface area contributed by atoms with Gasteiger partial charge in [-0.05, 0) is 52.6 Å². The van der Waals surface area contributed by atoms with Crippen LogP contribution in [-0.2, 0) is 0 Å². The zero-order valence-electron chi connectivity index (χ0n) is 14.1. The molecule has 0 amide bonds. The van der Waals surface area contributed by atoms with Gasteiger partial charge in [0.25, 0.3) is 0 Å². The number of benzene rings is 3. The lowest BCUT2D eigenvalue weighted by atomic mass is 9.97. The van der Waals surface area contributed by atoms with Crippen molar-refractivity contribution in [2.24, 2.45) is 0 Å². The molecule has 0 aliphatic heterocycles. The Labute approximate surface area is 147 Å². The molecular weight excluding hydrogens is 306 g/mol. The van der Waals surface area contributed by atoms with Crippen LogP contribution in [0.15, 0.2) is 85.4 Å². The van der Waals surface area contributed by atoms with Crippen LogP contribution in [0.3, 0.4) is 0 Å². The van der Waals surface area contributed by atoms with Crippen LogP contribution < -0.4 is 4.74 Å². The summed E-state index contributed by atoms with van der Waals surface area (Å²) in [5.74, 6) is 0.838. The Morgan fingerprint density at radius 1 is 0.840 bits per heavy atom. The van der Waals surface area contributed by atoms with Crippen molar-refractivity contribution >= 4 is 16.5 Å². The first-order chi connectivity index (χ1) is 12.2. The maximum atomic E-state index is 5.32. The third kappa shape index (κ3) is 2.94. The first-order valence-corrected chi connectivity index (χ1v) is 8.26. The summed E-state index contributed by atoms with van der Waals surface area (Å²) in [6.45, 7) is 4.28. The fourth-order valence-corrected chi connectivity index (χ4v) is 3.08. The first kappa shape index (κ1) is 15.3. The molecule has 4 rings (SSSR count). The van der Waals surface area contributed by atoms with E-state index in [9.17, 15) is 0 Å². The molecule has 0 aliphatic carbocycles. The smallest absolute Gasteiger partial charge is 0.119 e. The van der Waals surface area contributed by atoms with E-state index in [0.717, 1.165) is 39.2 Å². The van der Waals surface area contributed by atoms with Gasteiger partial charge in [0, 0.05) is 16.6 Å². The minimum Gasteiger partial charge on any atom is -0.497 e. The van der Waals surface area contributed by atoms with Crippen molar-refractivity contribution in [3.8, 4) is 17.0 Å². The number of ether oxygens (including phenoxy) is 1. The Balaban J connectivity index is 1.72.